The van der Waals surface area contributed by atoms with Gasteiger partial charge >= 0.3 is 0 Å². The molecule has 0 spiro atoms. The van der Waals surface area contributed by atoms with Gasteiger partial charge in [-0.05, 0) is 24.3 Å². The van der Waals surface area contributed by atoms with Crippen molar-refractivity contribution in [2.75, 3.05) is 6.61 Å². The van der Waals surface area contributed by atoms with Crippen molar-refractivity contribution in [1.82, 2.24) is 0 Å². The Bertz CT molecular complexity index is 909. The average molecular weight is 380 g/mol. The molecule has 0 saturated heterocycles. The van der Waals surface area contributed by atoms with Crippen molar-refractivity contribution >= 4 is 19.7 Å². The zero-order valence-electron chi connectivity index (χ0n) is 14.0. The Hall–Kier alpha value is -1.70. The molecule has 1 atom stereocenters. The Kier molecular flexibility index (Phi) is 4.09. The average Bonchev–Trinajstić information content (AvgIpc) is 3.14. The number of hydrogen-bond donors (Lipinski definition) is 1. The molecular formula is C18H20O5S2. The molecule has 0 heterocycles. The molecule has 0 radical (unpaired) electrons. The largest absolute Gasteiger partial charge is 0.396 e. The summed E-state index contributed by atoms with van der Waals surface area (Å²) in [6, 6.07) is 15.1. The van der Waals surface area contributed by atoms with Crippen molar-refractivity contribution in [3.8, 4) is 0 Å². The number of benzene rings is 2. The first-order chi connectivity index (χ1) is 11.7. The lowest BCUT2D eigenvalue weighted by molar-refractivity contribution is 0.257. The van der Waals surface area contributed by atoms with E-state index in [1.165, 1.54) is 24.3 Å². The number of aliphatic hydroxyl groups excluding tert-OH is 1. The minimum Gasteiger partial charge on any atom is -0.396 e. The lowest BCUT2D eigenvalue weighted by Crippen LogP contribution is -2.39. The fraction of sp³-hybridized carbons (Fsp3) is 0.333. The summed E-state index contributed by atoms with van der Waals surface area (Å²) in [5.41, 5.74) is -1.12. The summed E-state index contributed by atoms with van der Waals surface area (Å²) < 4.78 is 51.6. The van der Waals surface area contributed by atoms with Crippen molar-refractivity contribution in [2.24, 2.45) is 11.3 Å². The Morgan fingerprint density at radius 2 is 1.16 bits per heavy atom. The van der Waals surface area contributed by atoms with Crippen molar-refractivity contribution in [3.63, 3.8) is 0 Å². The summed E-state index contributed by atoms with van der Waals surface area (Å²) in [4.78, 5) is -0.114. The predicted octanol–water partition coefficient (Wildman–Crippen LogP) is 2.28. The van der Waals surface area contributed by atoms with Crippen LogP contribution in [-0.4, -0.2) is 32.6 Å². The van der Waals surface area contributed by atoms with Crippen LogP contribution in [0.3, 0.4) is 0 Å². The highest BCUT2D eigenvalue weighted by Crippen LogP contribution is 2.71. The van der Waals surface area contributed by atoms with E-state index >= 15 is 0 Å². The van der Waals surface area contributed by atoms with Gasteiger partial charge < -0.3 is 5.11 Å². The molecule has 1 aliphatic rings. The molecule has 0 amide bonds. The van der Waals surface area contributed by atoms with Crippen molar-refractivity contribution in [3.05, 3.63) is 60.7 Å². The SMILES string of the molecule is CC1(C)C(CO)C1(S(=O)(=O)c1ccccc1)S(=O)(=O)c1ccccc1. The van der Waals surface area contributed by atoms with Crippen molar-refractivity contribution < 1.29 is 21.9 Å². The van der Waals surface area contributed by atoms with E-state index in [0.29, 0.717) is 0 Å². The second kappa shape index (κ2) is 5.65. The van der Waals surface area contributed by atoms with E-state index in [0.717, 1.165) is 0 Å². The molecule has 5 nitrogen and oxygen atoms in total. The maximum Gasteiger partial charge on any atom is 0.199 e. The molecule has 2 aromatic carbocycles. The molecule has 1 unspecified atom stereocenters. The molecule has 7 heteroatoms. The van der Waals surface area contributed by atoms with Crippen LogP contribution in [0.2, 0.25) is 0 Å². The fourth-order valence-corrected chi connectivity index (χ4v) is 10.4. The number of aliphatic hydroxyl groups is 1. The smallest absolute Gasteiger partial charge is 0.199 e. The van der Waals surface area contributed by atoms with Gasteiger partial charge in [-0.1, -0.05) is 50.2 Å². The molecule has 134 valence electrons. The van der Waals surface area contributed by atoms with E-state index in [1.807, 2.05) is 0 Å². The highest BCUT2D eigenvalue weighted by atomic mass is 32.3. The lowest BCUT2D eigenvalue weighted by Gasteiger charge is -2.22. The van der Waals surface area contributed by atoms with Gasteiger partial charge in [0.2, 0.25) is 0 Å². The molecule has 1 aliphatic carbocycles. The monoisotopic (exact) mass is 380 g/mol. The van der Waals surface area contributed by atoms with Gasteiger partial charge in [-0.25, -0.2) is 16.8 Å². The second-order valence-electron chi connectivity index (χ2n) is 6.76. The highest BCUT2D eigenvalue weighted by molar-refractivity contribution is 8.11. The Morgan fingerprint density at radius 3 is 1.44 bits per heavy atom. The Morgan fingerprint density at radius 1 is 0.800 bits per heavy atom. The first kappa shape index (κ1) is 18.1. The lowest BCUT2D eigenvalue weighted by atomic mass is 10.1. The zero-order valence-corrected chi connectivity index (χ0v) is 15.6. The van der Waals surface area contributed by atoms with Crippen LogP contribution in [-0.2, 0) is 19.7 Å². The molecular weight excluding hydrogens is 360 g/mol. The maximum absolute atomic E-state index is 13.4. The molecule has 2 aromatic rings. The predicted molar refractivity (Wildman–Crippen MR) is 94.3 cm³/mol. The molecule has 0 aromatic heterocycles. The minimum atomic E-state index is -4.25. The molecule has 1 fully saturated rings. The van der Waals surface area contributed by atoms with Gasteiger partial charge in [0.1, 0.15) is 0 Å². The van der Waals surface area contributed by atoms with E-state index < -0.39 is 41.7 Å². The molecule has 25 heavy (non-hydrogen) atoms. The molecule has 1 N–H and O–H groups in total. The van der Waals surface area contributed by atoms with Crippen LogP contribution in [0, 0.1) is 11.3 Å². The first-order valence-electron chi connectivity index (χ1n) is 7.86. The summed E-state index contributed by atoms with van der Waals surface area (Å²) >= 11 is 0. The van der Waals surface area contributed by atoms with E-state index in [1.54, 1.807) is 50.2 Å². The van der Waals surface area contributed by atoms with Crippen LogP contribution >= 0.6 is 0 Å². The van der Waals surface area contributed by atoms with Crippen LogP contribution in [0.25, 0.3) is 0 Å². The van der Waals surface area contributed by atoms with E-state index in [2.05, 4.69) is 0 Å². The summed E-state index contributed by atoms with van der Waals surface area (Å²) in [5, 5.41) is 9.77. The summed E-state index contributed by atoms with van der Waals surface area (Å²) in [5.74, 6) is -0.907. The van der Waals surface area contributed by atoms with Crippen LogP contribution in [0.1, 0.15) is 13.8 Å². The van der Waals surface area contributed by atoms with Gasteiger partial charge in [-0.2, -0.15) is 0 Å². The van der Waals surface area contributed by atoms with Crippen molar-refractivity contribution in [1.29, 1.82) is 0 Å². The van der Waals surface area contributed by atoms with Crippen LogP contribution < -0.4 is 0 Å². The Balaban J connectivity index is 2.33. The third kappa shape index (κ3) is 2.16. The van der Waals surface area contributed by atoms with Gasteiger partial charge in [0, 0.05) is 17.9 Å². The van der Waals surface area contributed by atoms with Gasteiger partial charge in [-0.3, -0.25) is 0 Å². The normalized spacial score (nSPS) is 21.6. The van der Waals surface area contributed by atoms with Crippen molar-refractivity contribution in [2.45, 2.75) is 27.7 Å². The van der Waals surface area contributed by atoms with Gasteiger partial charge in [0.15, 0.2) is 23.8 Å². The first-order valence-corrected chi connectivity index (χ1v) is 10.8. The van der Waals surface area contributed by atoms with Crippen LogP contribution in [0.4, 0.5) is 0 Å². The molecule has 0 aliphatic heterocycles. The van der Waals surface area contributed by atoms with Gasteiger partial charge in [0.25, 0.3) is 0 Å². The zero-order chi connectivity index (χ0) is 18.5. The number of sulfone groups is 2. The second-order valence-corrected chi connectivity index (χ2v) is 11.3. The summed E-state index contributed by atoms with van der Waals surface area (Å²) in [6.45, 7) is 2.63. The molecule has 1 saturated carbocycles. The summed E-state index contributed by atoms with van der Waals surface area (Å²) in [6.07, 6.45) is 0. The fourth-order valence-electron chi connectivity index (χ4n) is 3.89. The van der Waals surface area contributed by atoms with Crippen LogP contribution in [0.5, 0.6) is 0 Å². The summed E-state index contributed by atoms with van der Waals surface area (Å²) in [7, 11) is -8.50. The van der Waals surface area contributed by atoms with Gasteiger partial charge in [-0.15, -0.1) is 0 Å². The van der Waals surface area contributed by atoms with Gasteiger partial charge in [0.05, 0.1) is 9.79 Å². The van der Waals surface area contributed by atoms with E-state index in [4.69, 9.17) is 0 Å². The third-order valence-electron chi connectivity index (χ3n) is 5.23. The van der Waals surface area contributed by atoms with E-state index in [-0.39, 0.29) is 9.79 Å². The molecule has 0 bridgehead atoms. The number of rotatable bonds is 5. The molecule has 3 rings (SSSR count). The standard InChI is InChI=1S/C18H20O5S2/c1-17(2)16(13-19)18(17,24(20,21)14-9-5-3-6-10-14)25(22,23)15-11-7-4-8-12-15/h3-12,16,19H,13H2,1-2H3. The number of hydrogen-bond acceptors (Lipinski definition) is 5. The highest BCUT2D eigenvalue weighted by Gasteiger charge is 2.85. The topological polar surface area (TPSA) is 88.5 Å². The maximum atomic E-state index is 13.4. The van der Waals surface area contributed by atoms with Crippen LogP contribution in [0.15, 0.2) is 70.5 Å². The minimum absolute atomic E-state index is 0.0569. The Labute approximate surface area is 148 Å². The van der Waals surface area contributed by atoms with E-state index in [9.17, 15) is 21.9 Å². The quantitative estimate of drug-likeness (QED) is 0.860. The third-order valence-corrected chi connectivity index (χ3v) is 11.6.